The Hall–Kier alpha value is -0.970. The average Bonchev–Trinajstić information content (AvgIpc) is 2.92. The normalized spacial score (nSPS) is 24.9. The molecule has 0 radical (unpaired) electrons. The van der Waals surface area contributed by atoms with E-state index in [1.165, 1.54) is 6.42 Å². The van der Waals surface area contributed by atoms with Crippen LogP contribution in [0.15, 0.2) is 18.2 Å². The molecule has 1 unspecified atom stereocenters. The standard InChI is InChI=1S/C14H20ClN3O/c15-12-2-1-3-13(14(12)16)18-5-4-11(10-18)17-6-8-19-9-7-17/h1-3,11H,4-10,16H2. The SMILES string of the molecule is Nc1c(Cl)cccc1N1CCC(N2CCOCC2)C1. The zero-order chi connectivity index (χ0) is 13.2. The second-order valence-electron chi connectivity index (χ2n) is 5.21. The van der Waals surface area contributed by atoms with Gasteiger partial charge in [-0.1, -0.05) is 17.7 Å². The highest BCUT2D eigenvalue weighted by Gasteiger charge is 2.29. The topological polar surface area (TPSA) is 41.7 Å². The first-order chi connectivity index (χ1) is 9.25. The molecule has 0 spiro atoms. The lowest BCUT2D eigenvalue weighted by molar-refractivity contribution is 0.0209. The van der Waals surface area contributed by atoms with Crippen LogP contribution >= 0.6 is 11.6 Å². The molecule has 104 valence electrons. The van der Waals surface area contributed by atoms with Gasteiger partial charge < -0.3 is 15.4 Å². The number of nitrogen functional groups attached to an aromatic ring is 1. The molecular formula is C14H20ClN3O. The fourth-order valence-electron chi connectivity index (χ4n) is 3.00. The van der Waals surface area contributed by atoms with Crippen LogP contribution in [0.1, 0.15) is 6.42 Å². The minimum absolute atomic E-state index is 0.613. The summed E-state index contributed by atoms with van der Waals surface area (Å²) in [5, 5.41) is 0.646. The number of rotatable bonds is 2. The van der Waals surface area contributed by atoms with E-state index in [4.69, 9.17) is 22.1 Å². The Morgan fingerprint density at radius 1 is 1.21 bits per heavy atom. The van der Waals surface area contributed by atoms with Gasteiger partial charge in [0, 0.05) is 32.2 Å². The molecular weight excluding hydrogens is 262 g/mol. The molecule has 2 saturated heterocycles. The Bertz CT molecular complexity index is 448. The number of benzene rings is 1. The maximum atomic E-state index is 6.10. The van der Waals surface area contributed by atoms with Crippen LogP contribution in [-0.2, 0) is 4.74 Å². The average molecular weight is 282 g/mol. The third-order valence-corrected chi connectivity index (χ3v) is 4.43. The number of anilines is 2. The Kier molecular flexibility index (Phi) is 3.82. The van der Waals surface area contributed by atoms with Crippen molar-refractivity contribution >= 4 is 23.0 Å². The summed E-state index contributed by atoms with van der Waals surface area (Å²) in [6.45, 7) is 5.88. The highest BCUT2D eigenvalue weighted by Crippen LogP contribution is 2.33. The summed E-state index contributed by atoms with van der Waals surface area (Å²) in [7, 11) is 0. The van der Waals surface area contributed by atoms with Crippen LogP contribution in [-0.4, -0.2) is 50.3 Å². The van der Waals surface area contributed by atoms with Gasteiger partial charge in [0.15, 0.2) is 0 Å². The van der Waals surface area contributed by atoms with Crippen molar-refractivity contribution in [3.63, 3.8) is 0 Å². The smallest absolute Gasteiger partial charge is 0.0741 e. The van der Waals surface area contributed by atoms with Gasteiger partial charge in [0.1, 0.15) is 0 Å². The lowest BCUT2D eigenvalue weighted by atomic mass is 10.2. The number of morpholine rings is 1. The first-order valence-electron chi connectivity index (χ1n) is 6.86. The van der Waals surface area contributed by atoms with E-state index < -0.39 is 0 Å². The van der Waals surface area contributed by atoms with Crippen LogP contribution in [0.25, 0.3) is 0 Å². The summed E-state index contributed by atoms with van der Waals surface area (Å²) in [5.74, 6) is 0. The molecule has 4 nitrogen and oxygen atoms in total. The molecule has 2 aliphatic heterocycles. The first kappa shape index (κ1) is 13.0. The van der Waals surface area contributed by atoms with Crippen LogP contribution in [0.3, 0.4) is 0 Å². The highest BCUT2D eigenvalue weighted by molar-refractivity contribution is 6.33. The van der Waals surface area contributed by atoms with Gasteiger partial charge in [-0.05, 0) is 18.6 Å². The molecule has 2 N–H and O–H groups in total. The number of nitrogens with two attached hydrogens (primary N) is 1. The predicted octanol–water partition coefficient (Wildman–Crippen LogP) is 1.83. The van der Waals surface area contributed by atoms with Crippen molar-refractivity contribution in [3.05, 3.63) is 23.2 Å². The van der Waals surface area contributed by atoms with Gasteiger partial charge in [-0.15, -0.1) is 0 Å². The molecule has 2 aliphatic rings. The molecule has 2 fully saturated rings. The molecule has 0 aliphatic carbocycles. The second kappa shape index (κ2) is 5.57. The van der Waals surface area contributed by atoms with Gasteiger partial charge in [-0.25, -0.2) is 0 Å². The van der Waals surface area contributed by atoms with Crippen LogP contribution in [0.4, 0.5) is 11.4 Å². The van der Waals surface area contributed by atoms with Crippen molar-refractivity contribution in [1.29, 1.82) is 0 Å². The number of hydrogen-bond donors (Lipinski definition) is 1. The maximum Gasteiger partial charge on any atom is 0.0741 e. The molecule has 0 bridgehead atoms. The number of nitrogens with zero attached hydrogens (tertiary/aromatic N) is 2. The van der Waals surface area contributed by atoms with Crippen molar-refractivity contribution in [1.82, 2.24) is 4.90 Å². The monoisotopic (exact) mass is 281 g/mol. The summed E-state index contributed by atoms with van der Waals surface area (Å²) >= 11 is 6.10. The van der Waals surface area contributed by atoms with Gasteiger partial charge >= 0.3 is 0 Å². The van der Waals surface area contributed by atoms with Gasteiger partial charge in [0.25, 0.3) is 0 Å². The van der Waals surface area contributed by atoms with Gasteiger partial charge in [0.05, 0.1) is 29.6 Å². The van der Waals surface area contributed by atoms with E-state index in [-0.39, 0.29) is 0 Å². The number of ether oxygens (including phenoxy) is 1. The van der Waals surface area contributed by atoms with Crippen molar-refractivity contribution < 1.29 is 4.74 Å². The quantitative estimate of drug-likeness (QED) is 0.840. The van der Waals surface area contributed by atoms with Gasteiger partial charge in [-0.2, -0.15) is 0 Å². The lowest BCUT2D eigenvalue weighted by Gasteiger charge is -2.32. The largest absolute Gasteiger partial charge is 0.396 e. The molecule has 0 saturated carbocycles. The summed E-state index contributed by atoms with van der Waals surface area (Å²) in [5.41, 5.74) is 7.85. The van der Waals surface area contributed by atoms with E-state index in [9.17, 15) is 0 Å². The summed E-state index contributed by atoms with van der Waals surface area (Å²) in [4.78, 5) is 4.88. The molecule has 0 aromatic heterocycles. The van der Waals surface area contributed by atoms with E-state index in [1.807, 2.05) is 12.1 Å². The molecule has 1 aromatic carbocycles. The Morgan fingerprint density at radius 3 is 2.79 bits per heavy atom. The fraction of sp³-hybridized carbons (Fsp3) is 0.571. The van der Waals surface area contributed by atoms with Crippen LogP contribution < -0.4 is 10.6 Å². The third kappa shape index (κ3) is 2.66. The van der Waals surface area contributed by atoms with Crippen LogP contribution in [0.5, 0.6) is 0 Å². The van der Waals surface area contributed by atoms with Crippen LogP contribution in [0.2, 0.25) is 5.02 Å². The van der Waals surface area contributed by atoms with E-state index in [2.05, 4.69) is 15.9 Å². The molecule has 0 amide bonds. The summed E-state index contributed by atoms with van der Waals surface area (Å²) < 4.78 is 5.41. The van der Waals surface area contributed by atoms with Crippen molar-refractivity contribution in [2.24, 2.45) is 0 Å². The number of hydrogen-bond acceptors (Lipinski definition) is 4. The Labute approximate surface area is 119 Å². The lowest BCUT2D eigenvalue weighted by Crippen LogP contribution is -2.44. The highest BCUT2D eigenvalue weighted by atomic mass is 35.5. The van der Waals surface area contributed by atoms with E-state index in [0.717, 1.165) is 45.1 Å². The van der Waals surface area contributed by atoms with Crippen molar-refractivity contribution in [2.45, 2.75) is 12.5 Å². The molecule has 3 rings (SSSR count). The second-order valence-corrected chi connectivity index (χ2v) is 5.62. The third-order valence-electron chi connectivity index (χ3n) is 4.10. The summed E-state index contributed by atoms with van der Waals surface area (Å²) in [6.07, 6.45) is 1.19. The summed E-state index contributed by atoms with van der Waals surface area (Å²) in [6, 6.07) is 6.48. The zero-order valence-corrected chi connectivity index (χ0v) is 11.8. The Morgan fingerprint density at radius 2 is 2.00 bits per heavy atom. The molecule has 1 aromatic rings. The van der Waals surface area contributed by atoms with Gasteiger partial charge in [-0.3, -0.25) is 4.90 Å². The van der Waals surface area contributed by atoms with E-state index in [1.54, 1.807) is 0 Å². The Balaban J connectivity index is 1.69. The number of halogens is 1. The molecule has 1 atom stereocenters. The van der Waals surface area contributed by atoms with E-state index >= 15 is 0 Å². The van der Waals surface area contributed by atoms with E-state index in [0.29, 0.717) is 16.8 Å². The fourth-order valence-corrected chi connectivity index (χ4v) is 3.17. The zero-order valence-electron chi connectivity index (χ0n) is 11.0. The van der Waals surface area contributed by atoms with Crippen LogP contribution in [0, 0.1) is 0 Å². The maximum absolute atomic E-state index is 6.10. The minimum atomic E-state index is 0.613. The number of para-hydroxylation sites is 1. The van der Waals surface area contributed by atoms with Crippen molar-refractivity contribution in [2.75, 3.05) is 50.0 Å². The molecule has 5 heteroatoms. The minimum Gasteiger partial charge on any atom is -0.396 e. The first-order valence-corrected chi connectivity index (χ1v) is 7.24. The predicted molar refractivity (Wildman–Crippen MR) is 78.9 cm³/mol. The van der Waals surface area contributed by atoms with Crippen molar-refractivity contribution in [3.8, 4) is 0 Å². The molecule has 2 heterocycles. The van der Waals surface area contributed by atoms with Gasteiger partial charge in [0.2, 0.25) is 0 Å². The molecule has 19 heavy (non-hydrogen) atoms.